The zero-order valence-electron chi connectivity index (χ0n) is 14.7. The van der Waals surface area contributed by atoms with Crippen molar-refractivity contribution in [3.05, 3.63) is 24.3 Å². The summed E-state index contributed by atoms with van der Waals surface area (Å²) in [5.41, 5.74) is 6.82. The van der Waals surface area contributed by atoms with Crippen molar-refractivity contribution in [3.8, 4) is 5.75 Å². The standard InChI is InChI=1S/C18H29N3O3/c1-21(2)9-4-10-24-16-6-3-5-15(13-16)20-18(22)17(19)14-7-11-23-12-8-14/h3,5-6,13-14,17H,4,7-12,19H2,1-2H3,(H,20,22). The summed E-state index contributed by atoms with van der Waals surface area (Å²) in [4.78, 5) is 14.5. The second kappa shape index (κ2) is 9.61. The number of amides is 1. The molecule has 134 valence electrons. The first-order valence-electron chi connectivity index (χ1n) is 8.58. The van der Waals surface area contributed by atoms with Crippen LogP contribution in [0.25, 0.3) is 0 Å². The van der Waals surface area contributed by atoms with Crippen LogP contribution < -0.4 is 15.8 Å². The van der Waals surface area contributed by atoms with Crippen LogP contribution in [0.3, 0.4) is 0 Å². The maximum Gasteiger partial charge on any atom is 0.241 e. The van der Waals surface area contributed by atoms with Crippen LogP contribution in [-0.2, 0) is 9.53 Å². The number of ether oxygens (including phenoxy) is 2. The van der Waals surface area contributed by atoms with Gasteiger partial charge in [0.15, 0.2) is 0 Å². The molecule has 1 unspecified atom stereocenters. The molecule has 0 aromatic heterocycles. The van der Waals surface area contributed by atoms with Crippen molar-refractivity contribution in [1.82, 2.24) is 4.90 Å². The van der Waals surface area contributed by atoms with E-state index in [4.69, 9.17) is 15.2 Å². The van der Waals surface area contributed by atoms with Gasteiger partial charge in [-0.15, -0.1) is 0 Å². The fraction of sp³-hybridized carbons (Fsp3) is 0.611. The maximum atomic E-state index is 12.3. The molecule has 1 atom stereocenters. The molecule has 1 amide bonds. The fourth-order valence-corrected chi connectivity index (χ4v) is 2.75. The average Bonchev–Trinajstić information content (AvgIpc) is 2.59. The molecule has 24 heavy (non-hydrogen) atoms. The summed E-state index contributed by atoms with van der Waals surface area (Å²) < 4.78 is 11.0. The maximum absolute atomic E-state index is 12.3. The van der Waals surface area contributed by atoms with Crippen molar-refractivity contribution in [3.63, 3.8) is 0 Å². The van der Waals surface area contributed by atoms with Gasteiger partial charge in [-0.3, -0.25) is 4.79 Å². The van der Waals surface area contributed by atoms with Gasteiger partial charge in [0.2, 0.25) is 5.91 Å². The molecule has 1 saturated heterocycles. The minimum absolute atomic E-state index is 0.147. The molecular weight excluding hydrogens is 306 g/mol. The molecule has 1 aromatic carbocycles. The van der Waals surface area contributed by atoms with Crippen LogP contribution in [0, 0.1) is 5.92 Å². The van der Waals surface area contributed by atoms with Crippen molar-refractivity contribution < 1.29 is 14.3 Å². The Morgan fingerprint density at radius 2 is 2.17 bits per heavy atom. The summed E-state index contributed by atoms with van der Waals surface area (Å²) in [5, 5.41) is 2.90. The van der Waals surface area contributed by atoms with Gasteiger partial charge in [0.25, 0.3) is 0 Å². The van der Waals surface area contributed by atoms with E-state index in [1.807, 2.05) is 38.4 Å². The van der Waals surface area contributed by atoms with E-state index in [0.29, 0.717) is 25.5 Å². The third-order valence-electron chi connectivity index (χ3n) is 4.20. The molecule has 2 rings (SSSR count). The van der Waals surface area contributed by atoms with E-state index in [-0.39, 0.29) is 11.8 Å². The van der Waals surface area contributed by atoms with Gasteiger partial charge < -0.3 is 25.4 Å². The molecule has 0 radical (unpaired) electrons. The zero-order valence-corrected chi connectivity index (χ0v) is 14.7. The van der Waals surface area contributed by atoms with E-state index in [1.165, 1.54) is 0 Å². The number of rotatable bonds is 8. The predicted molar refractivity (Wildman–Crippen MR) is 95.3 cm³/mol. The molecule has 0 aliphatic carbocycles. The molecule has 1 aliphatic rings. The first-order valence-corrected chi connectivity index (χ1v) is 8.58. The molecule has 1 fully saturated rings. The summed E-state index contributed by atoms with van der Waals surface area (Å²) in [6.45, 7) is 3.00. The molecule has 3 N–H and O–H groups in total. The van der Waals surface area contributed by atoms with E-state index >= 15 is 0 Å². The van der Waals surface area contributed by atoms with Gasteiger partial charge in [0.1, 0.15) is 5.75 Å². The van der Waals surface area contributed by atoms with Gasteiger partial charge in [-0.25, -0.2) is 0 Å². The Bertz CT molecular complexity index is 516. The minimum atomic E-state index is -0.501. The van der Waals surface area contributed by atoms with Gasteiger partial charge in [-0.1, -0.05) is 6.07 Å². The highest BCUT2D eigenvalue weighted by molar-refractivity contribution is 5.95. The first-order chi connectivity index (χ1) is 11.6. The average molecular weight is 335 g/mol. The van der Waals surface area contributed by atoms with Crippen LogP contribution >= 0.6 is 0 Å². The van der Waals surface area contributed by atoms with Crippen LogP contribution in [-0.4, -0.2) is 57.3 Å². The lowest BCUT2D eigenvalue weighted by atomic mass is 9.92. The van der Waals surface area contributed by atoms with Crippen LogP contribution in [0.15, 0.2) is 24.3 Å². The molecule has 1 aliphatic heterocycles. The Morgan fingerprint density at radius 1 is 1.42 bits per heavy atom. The lowest BCUT2D eigenvalue weighted by molar-refractivity contribution is -0.119. The lowest BCUT2D eigenvalue weighted by Crippen LogP contribution is -2.43. The van der Waals surface area contributed by atoms with Gasteiger partial charge in [-0.05, 0) is 51.4 Å². The fourth-order valence-electron chi connectivity index (χ4n) is 2.75. The smallest absolute Gasteiger partial charge is 0.241 e. The number of carbonyl (C=O) groups excluding carboxylic acids is 1. The van der Waals surface area contributed by atoms with E-state index < -0.39 is 6.04 Å². The summed E-state index contributed by atoms with van der Waals surface area (Å²) >= 11 is 0. The monoisotopic (exact) mass is 335 g/mol. The number of hydrogen-bond acceptors (Lipinski definition) is 5. The molecule has 0 spiro atoms. The van der Waals surface area contributed by atoms with Crippen molar-refractivity contribution in [2.45, 2.75) is 25.3 Å². The van der Waals surface area contributed by atoms with Gasteiger partial charge >= 0.3 is 0 Å². The predicted octanol–water partition coefficient (Wildman–Crippen LogP) is 1.71. The summed E-state index contributed by atoms with van der Waals surface area (Å²) in [6.07, 6.45) is 2.63. The number of carbonyl (C=O) groups is 1. The third-order valence-corrected chi connectivity index (χ3v) is 4.20. The molecule has 0 bridgehead atoms. The Hall–Kier alpha value is -1.63. The Labute approximate surface area is 144 Å². The van der Waals surface area contributed by atoms with Gasteiger partial charge in [0, 0.05) is 31.5 Å². The lowest BCUT2D eigenvalue weighted by Gasteiger charge is -2.26. The Morgan fingerprint density at radius 3 is 2.88 bits per heavy atom. The largest absolute Gasteiger partial charge is 0.493 e. The Kier molecular flexibility index (Phi) is 7.49. The second-order valence-electron chi connectivity index (χ2n) is 6.50. The van der Waals surface area contributed by atoms with Crippen molar-refractivity contribution in [2.75, 3.05) is 45.8 Å². The van der Waals surface area contributed by atoms with Gasteiger partial charge in [0.05, 0.1) is 12.6 Å². The molecule has 1 heterocycles. The minimum Gasteiger partial charge on any atom is -0.493 e. The zero-order chi connectivity index (χ0) is 17.4. The summed E-state index contributed by atoms with van der Waals surface area (Å²) in [6, 6.07) is 6.95. The van der Waals surface area contributed by atoms with Gasteiger partial charge in [-0.2, -0.15) is 0 Å². The molecule has 0 saturated carbocycles. The van der Waals surface area contributed by atoms with Crippen molar-refractivity contribution in [1.29, 1.82) is 0 Å². The summed E-state index contributed by atoms with van der Waals surface area (Å²) in [5.74, 6) is 0.794. The molecule has 6 heteroatoms. The number of hydrogen-bond donors (Lipinski definition) is 2. The molecule has 1 aromatic rings. The number of nitrogens with zero attached hydrogens (tertiary/aromatic N) is 1. The second-order valence-corrected chi connectivity index (χ2v) is 6.50. The van der Waals surface area contributed by atoms with Crippen molar-refractivity contribution in [2.24, 2.45) is 11.7 Å². The topological polar surface area (TPSA) is 76.8 Å². The summed E-state index contributed by atoms with van der Waals surface area (Å²) in [7, 11) is 4.08. The number of nitrogens with two attached hydrogens (primary N) is 1. The first kappa shape index (κ1) is 18.7. The third kappa shape index (κ3) is 6.11. The number of benzene rings is 1. The van der Waals surface area contributed by atoms with Crippen LogP contribution in [0.4, 0.5) is 5.69 Å². The van der Waals surface area contributed by atoms with Crippen LogP contribution in [0.5, 0.6) is 5.75 Å². The number of nitrogens with one attached hydrogen (secondary N) is 1. The van der Waals surface area contributed by atoms with Crippen LogP contribution in [0.2, 0.25) is 0 Å². The molecular formula is C18H29N3O3. The Balaban J connectivity index is 1.83. The van der Waals surface area contributed by atoms with E-state index in [2.05, 4.69) is 10.2 Å². The van der Waals surface area contributed by atoms with E-state index in [9.17, 15) is 4.79 Å². The normalized spacial score (nSPS) is 16.8. The molecule has 6 nitrogen and oxygen atoms in total. The highest BCUT2D eigenvalue weighted by Gasteiger charge is 2.26. The number of anilines is 1. The van der Waals surface area contributed by atoms with E-state index in [1.54, 1.807) is 0 Å². The SMILES string of the molecule is CN(C)CCCOc1cccc(NC(=O)C(N)C2CCOCC2)c1. The van der Waals surface area contributed by atoms with Crippen LogP contribution in [0.1, 0.15) is 19.3 Å². The van der Waals surface area contributed by atoms with Crippen molar-refractivity contribution >= 4 is 11.6 Å². The quantitative estimate of drug-likeness (QED) is 0.707. The van der Waals surface area contributed by atoms with E-state index in [0.717, 1.165) is 31.6 Å². The highest BCUT2D eigenvalue weighted by atomic mass is 16.5. The highest BCUT2D eigenvalue weighted by Crippen LogP contribution is 2.21.